The summed E-state index contributed by atoms with van der Waals surface area (Å²) in [6.45, 7) is 3.10. The van der Waals surface area contributed by atoms with Crippen LogP contribution in [0.5, 0.6) is 17.2 Å². The van der Waals surface area contributed by atoms with Gasteiger partial charge in [-0.05, 0) is 61.0 Å². The lowest BCUT2D eigenvalue weighted by Gasteiger charge is -2.23. The van der Waals surface area contributed by atoms with Crippen molar-refractivity contribution in [1.82, 2.24) is 4.98 Å². The highest BCUT2D eigenvalue weighted by Gasteiger charge is 2.48. The molecular weight excluding hydrogens is 528 g/mol. The summed E-state index contributed by atoms with van der Waals surface area (Å²) in [6.07, 6.45) is 0. The van der Waals surface area contributed by atoms with E-state index in [0.717, 1.165) is 4.70 Å². The van der Waals surface area contributed by atoms with E-state index < -0.39 is 17.7 Å². The first-order chi connectivity index (χ1) is 18.4. The topological polar surface area (TPSA) is 98.2 Å². The number of aliphatic hydroxyl groups excluding tert-OH is 1. The number of nitrogens with zero attached hydrogens (tertiary/aromatic N) is 2. The third-order valence-electron chi connectivity index (χ3n) is 6.29. The van der Waals surface area contributed by atoms with E-state index in [9.17, 15) is 14.7 Å². The fourth-order valence-electron chi connectivity index (χ4n) is 4.62. The predicted molar refractivity (Wildman–Crippen MR) is 144 cm³/mol. The zero-order valence-electron chi connectivity index (χ0n) is 20.1. The lowest BCUT2D eigenvalue weighted by atomic mass is 9.95. The third kappa shape index (κ3) is 4.13. The van der Waals surface area contributed by atoms with Crippen LogP contribution in [-0.4, -0.2) is 41.6 Å². The van der Waals surface area contributed by atoms with Crippen molar-refractivity contribution in [2.24, 2.45) is 0 Å². The van der Waals surface area contributed by atoms with Gasteiger partial charge in [0.1, 0.15) is 24.7 Å². The maximum atomic E-state index is 13.5. The minimum absolute atomic E-state index is 0.0578. The molecule has 2 aliphatic heterocycles. The van der Waals surface area contributed by atoms with Crippen LogP contribution in [0.2, 0.25) is 5.02 Å². The molecule has 4 aromatic rings. The molecule has 192 valence electrons. The van der Waals surface area contributed by atoms with Crippen molar-refractivity contribution in [1.29, 1.82) is 0 Å². The zero-order valence-corrected chi connectivity index (χ0v) is 21.7. The van der Waals surface area contributed by atoms with Crippen LogP contribution in [0.4, 0.5) is 5.13 Å². The van der Waals surface area contributed by atoms with Gasteiger partial charge in [-0.2, -0.15) is 0 Å². The summed E-state index contributed by atoms with van der Waals surface area (Å²) in [4.78, 5) is 33.0. The quantitative estimate of drug-likeness (QED) is 0.193. The van der Waals surface area contributed by atoms with Gasteiger partial charge in [0.2, 0.25) is 0 Å². The smallest absolute Gasteiger partial charge is 0.301 e. The standard InChI is InChI=1S/C28H21ClN2O6S/c1-2-35-18-5-3-4-15(12-18)24-23(25(32)16-6-9-20-21(13-16)37-11-10-36-20)26(33)27(34)31(24)28-30-19-8-7-17(29)14-22(19)38-28/h3-9,12-14,24,32H,2,10-11H2,1H3/b25-23+. The van der Waals surface area contributed by atoms with E-state index in [4.69, 9.17) is 25.8 Å². The number of carbonyl (C=O) groups is 2. The van der Waals surface area contributed by atoms with E-state index >= 15 is 0 Å². The van der Waals surface area contributed by atoms with Gasteiger partial charge in [0, 0.05) is 10.6 Å². The SMILES string of the molecule is CCOc1cccc(C2/C(=C(\O)c3ccc4c(c3)OCCO4)C(=O)C(=O)N2c2nc3ccc(Cl)cc3s2)c1. The first-order valence-corrected chi connectivity index (χ1v) is 13.1. The summed E-state index contributed by atoms with van der Waals surface area (Å²) in [5.74, 6) is -0.359. The van der Waals surface area contributed by atoms with Crippen LogP contribution in [0.25, 0.3) is 16.0 Å². The monoisotopic (exact) mass is 548 g/mol. The Morgan fingerprint density at radius 3 is 2.74 bits per heavy atom. The Balaban J connectivity index is 1.54. The highest BCUT2D eigenvalue weighted by molar-refractivity contribution is 7.22. The van der Waals surface area contributed by atoms with Gasteiger partial charge in [-0.25, -0.2) is 4.98 Å². The number of amides is 1. The molecule has 3 heterocycles. The minimum atomic E-state index is -0.945. The maximum absolute atomic E-state index is 13.5. The number of ketones is 1. The number of aliphatic hydroxyl groups is 1. The number of aromatic nitrogens is 1. The molecule has 1 aromatic heterocycles. The molecule has 0 radical (unpaired) electrons. The van der Waals surface area contributed by atoms with Gasteiger partial charge in [-0.1, -0.05) is 35.1 Å². The number of thiazole rings is 1. The van der Waals surface area contributed by atoms with Crippen LogP contribution in [0.1, 0.15) is 24.1 Å². The number of rotatable bonds is 5. The third-order valence-corrected chi connectivity index (χ3v) is 7.54. The molecule has 38 heavy (non-hydrogen) atoms. The summed E-state index contributed by atoms with van der Waals surface area (Å²) in [5, 5.41) is 12.3. The highest BCUT2D eigenvalue weighted by Crippen LogP contribution is 2.45. The molecule has 1 unspecified atom stereocenters. The molecule has 1 N–H and O–H groups in total. The fraction of sp³-hybridized carbons (Fsp3) is 0.179. The summed E-state index contributed by atoms with van der Waals surface area (Å²) in [5.41, 5.74) is 1.50. The predicted octanol–water partition coefficient (Wildman–Crippen LogP) is 5.75. The molecule has 0 bridgehead atoms. The lowest BCUT2D eigenvalue weighted by Crippen LogP contribution is -2.29. The average Bonchev–Trinajstić information content (AvgIpc) is 3.46. The van der Waals surface area contributed by atoms with E-state index in [1.54, 1.807) is 60.7 Å². The van der Waals surface area contributed by atoms with Crippen molar-refractivity contribution in [3.05, 3.63) is 82.4 Å². The first-order valence-electron chi connectivity index (χ1n) is 11.9. The molecule has 10 heteroatoms. The molecule has 0 spiro atoms. The number of anilines is 1. The molecule has 1 saturated heterocycles. The number of hydrogen-bond acceptors (Lipinski definition) is 8. The van der Waals surface area contributed by atoms with Gasteiger partial charge in [0.25, 0.3) is 5.78 Å². The van der Waals surface area contributed by atoms with Crippen molar-refractivity contribution in [2.45, 2.75) is 13.0 Å². The fourth-order valence-corrected chi connectivity index (χ4v) is 5.89. The highest BCUT2D eigenvalue weighted by atomic mass is 35.5. The Hall–Kier alpha value is -4.08. The number of carbonyl (C=O) groups excluding carboxylic acids is 2. The Morgan fingerprint density at radius 2 is 1.92 bits per heavy atom. The molecule has 1 fully saturated rings. The Morgan fingerprint density at radius 1 is 1.11 bits per heavy atom. The van der Waals surface area contributed by atoms with Crippen LogP contribution in [0, 0.1) is 0 Å². The Labute approximate surface area is 226 Å². The number of hydrogen-bond donors (Lipinski definition) is 1. The Kier molecular flexibility index (Phi) is 6.17. The van der Waals surface area contributed by atoms with Crippen molar-refractivity contribution in [2.75, 3.05) is 24.7 Å². The molecule has 2 aliphatic rings. The second-order valence-electron chi connectivity index (χ2n) is 8.64. The first kappa shape index (κ1) is 24.3. The second kappa shape index (κ2) is 9.66. The van der Waals surface area contributed by atoms with E-state index in [-0.39, 0.29) is 11.3 Å². The van der Waals surface area contributed by atoms with Crippen molar-refractivity contribution in [3.8, 4) is 17.2 Å². The van der Waals surface area contributed by atoms with Crippen LogP contribution in [0.15, 0.2) is 66.2 Å². The van der Waals surface area contributed by atoms with Gasteiger partial charge in [0.15, 0.2) is 16.6 Å². The summed E-state index contributed by atoms with van der Waals surface area (Å²) in [6, 6.07) is 16.3. The number of Topliss-reactive ketones (excluding diaryl/α,β-unsaturated/α-hetero) is 1. The molecular formula is C28H21ClN2O6S. The number of fused-ring (bicyclic) bond motifs is 2. The Bertz CT molecular complexity index is 1630. The summed E-state index contributed by atoms with van der Waals surface area (Å²) >= 11 is 7.41. The molecule has 1 amide bonds. The largest absolute Gasteiger partial charge is 0.507 e. The average molecular weight is 549 g/mol. The van der Waals surface area contributed by atoms with Crippen LogP contribution >= 0.6 is 22.9 Å². The molecule has 6 rings (SSSR count). The lowest BCUT2D eigenvalue weighted by molar-refractivity contribution is -0.132. The van der Waals surface area contributed by atoms with Crippen LogP contribution in [0.3, 0.4) is 0 Å². The summed E-state index contributed by atoms with van der Waals surface area (Å²) < 4.78 is 17.7. The van der Waals surface area contributed by atoms with E-state index in [2.05, 4.69) is 4.98 Å². The van der Waals surface area contributed by atoms with Gasteiger partial charge >= 0.3 is 5.91 Å². The van der Waals surface area contributed by atoms with E-state index in [1.807, 2.05) is 6.92 Å². The van der Waals surface area contributed by atoms with Crippen LogP contribution in [-0.2, 0) is 9.59 Å². The van der Waals surface area contributed by atoms with E-state index in [0.29, 0.717) is 63.9 Å². The van der Waals surface area contributed by atoms with Crippen LogP contribution < -0.4 is 19.1 Å². The molecule has 8 nitrogen and oxygen atoms in total. The number of benzene rings is 3. The van der Waals surface area contributed by atoms with Crippen molar-refractivity contribution < 1.29 is 28.9 Å². The van der Waals surface area contributed by atoms with Gasteiger partial charge in [-0.3, -0.25) is 14.5 Å². The summed E-state index contributed by atoms with van der Waals surface area (Å²) in [7, 11) is 0. The molecule has 0 aliphatic carbocycles. The van der Waals surface area contributed by atoms with Gasteiger partial charge < -0.3 is 19.3 Å². The second-order valence-corrected chi connectivity index (χ2v) is 10.1. The van der Waals surface area contributed by atoms with Crippen molar-refractivity contribution in [3.63, 3.8) is 0 Å². The van der Waals surface area contributed by atoms with Gasteiger partial charge in [0.05, 0.1) is 28.4 Å². The van der Waals surface area contributed by atoms with Gasteiger partial charge in [-0.15, -0.1) is 0 Å². The maximum Gasteiger partial charge on any atom is 0.301 e. The zero-order chi connectivity index (χ0) is 26.4. The number of halogens is 1. The molecule has 3 aromatic carbocycles. The molecule has 0 saturated carbocycles. The molecule has 1 atom stereocenters. The number of ether oxygens (including phenoxy) is 3. The minimum Gasteiger partial charge on any atom is -0.507 e. The van der Waals surface area contributed by atoms with E-state index in [1.165, 1.54) is 16.2 Å². The normalized spacial score (nSPS) is 18.3. The van der Waals surface area contributed by atoms with Crippen molar-refractivity contribution >= 4 is 55.7 Å².